The van der Waals surface area contributed by atoms with Crippen molar-refractivity contribution in [2.75, 3.05) is 32.8 Å². The Kier molecular flexibility index (Phi) is 7.84. The minimum atomic E-state index is 0.143. The zero-order valence-electron chi connectivity index (χ0n) is 19.2. The summed E-state index contributed by atoms with van der Waals surface area (Å²) < 4.78 is 5.87. The molecule has 2 N–H and O–H groups in total. The molecule has 2 aromatic rings. The molecule has 1 saturated carbocycles. The van der Waals surface area contributed by atoms with Crippen LogP contribution in [0, 0.1) is 18.4 Å². The average molecular weight is 432 g/mol. The molecular weight excluding hydrogens is 394 g/mol. The molecule has 4 rings (SSSR count). The maximum absolute atomic E-state index is 7.03. The highest BCUT2D eigenvalue weighted by Gasteiger charge is 2.47. The summed E-state index contributed by atoms with van der Waals surface area (Å²) in [5.41, 5.74) is 8.89. The standard InChI is InChI=1S/C28H37N3O/c1-30-26-12-14-27(15-13-26)32-21-7-18-31-19-16-25(17-20-31)28(22-29,24-10-5-6-11-24)23-8-3-2-4-9-23/h2-4,8-9,12-15,24-25H,5-7,10-11,16-22,29H2. The van der Waals surface area contributed by atoms with Crippen LogP contribution in [0.3, 0.4) is 0 Å². The van der Waals surface area contributed by atoms with Gasteiger partial charge < -0.3 is 15.4 Å². The Labute approximate surface area is 193 Å². The Hall–Kier alpha value is -2.35. The van der Waals surface area contributed by atoms with Crippen molar-refractivity contribution in [3.8, 4) is 5.75 Å². The summed E-state index contributed by atoms with van der Waals surface area (Å²) in [5.74, 6) is 2.25. The van der Waals surface area contributed by atoms with Gasteiger partial charge in [0.05, 0.1) is 13.2 Å². The molecule has 4 heteroatoms. The molecular formula is C28H37N3O. The van der Waals surface area contributed by atoms with Gasteiger partial charge in [0.25, 0.3) is 0 Å². The van der Waals surface area contributed by atoms with E-state index < -0.39 is 0 Å². The number of nitrogens with zero attached hydrogens (tertiary/aromatic N) is 2. The number of benzene rings is 2. The maximum Gasteiger partial charge on any atom is 0.187 e. The van der Waals surface area contributed by atoms with Crippen molar-refractivity contribution in [3.05, 3.63) is 71.6 Å². The molecule has 0 spiro atoms. The van der Waals surface area contributed by atoms with Crippen molar-refractivity contribution in [3.63, 3.8) is 0 Å². The van der Waals surface area contributed by atoms with E-state index in [0.29, 0.717) is 11.6 Å². The molecule has 1 aliphatic carbocycles. The smallest absolute Gasteiger partial charge is 0.187 e. The summed E-state index contributed by atoms with van der Waals surface area (Å²) in [6, 6.07) is 18.6. The van der Waals surface area contributed by atoms with Gasteiger partial charge in [0.2, 0.25) is 0 Å². The third-order valence-corrected chi connectivity index (χ3v) is 7.90. The number of likely N-dealkylation sites (tertiary alicyclic amines) is 1. The predicted octanol–water partition coefficient (Wildman–Crippen LogP) is 5.81. The van der Waals surface area contributed by atoms with E-state index in [1.54, 1.807) is 0 Å². The lowest BCUT2D eigenvalue weighted by Crippen LogP contribution is -2.51. The molecule has 1 heterocycles. The van der Waals surface area contributed by atoms with Crippen molar-refractivity contribution < 1.29 is 4.74 Å². The van der Waals surface area contributed by atoms with E-state index in [1.165, 1.54) is 44.1 Å². The summed E-state index contributed by atoms with van der Waals surface area (Å²) in [5, 5.41) is 0. The van der Waals surface area contributed by atoms with Crippen LogP contribution in [0.2, 0.25) is 0 Å². The average Bonchev–Trinajstić information content (AvgIpc) is 3.40. The monoisotopic (exact) mass is 431 g/mol. The van der Waals surface area contributed by atoms with E-state index in [1.807, 2.05) is 24.3 Å². The van der Waals surface area contributed by atoms with E-state index in [0.717, 1.165) is 50.9 Å². The van der Waals surface area contributed by atoms with Gasteiger partial charge in [-0.3, -0.25) is 0 Å². The Morgan fingerprint density at radius 2 is 1.59 bits per heavy atom. The van der Waals surface area contributed by atoms with E-state index in [9.17, 15) is 0 Å². The Balaban J connectivity index is 1.30. The van der Waals surface area contributed by atoms with Crippen molar-refractivity contribution in [1.82, 2.24) is 4.90 Å². The Morgan fingerprint density at radius 3 is 2.22 bits per heavy atom. The van der Waals surface area contributed by atoms with E-state index >= 15 is 0 Å². The normalized spacial score (nSPS) is 20.0. The van der Waals surface area contributed by atoms with Crippen LogP contribution < -0.4 is 10.5 Å². The van der Waals surface area contributed by atoms with Gasteiger partial charge in [0, 0.05) is 18.5 Å². The van der Waals surface area contributed by atoms with Gasteiger partial charge in [-0.1, -0.05) is 55.3 Å². The first-order valence-corrected chi connectivity index (χ1v) is 12.3. The molecule has 32 heavy (non-hydrogen) atoms. The second-order valence-electron chi connectivity index (χ2n) is 9.52. The van der Waals surface area contributed by atoms with Crippen LogP contribution in [0.1, 0.15) is 50.5 Å². The topological polar surface area (TPSA) is 42.8 Å². The third kappa shape index (κ3) is 5.00. The van der Waals surface area contributed by atoms with Crippen LogP contribution in [-0.4, -0.2) is 37.7 Å². The molecule has 4 nitrogen and oxygen atoms in total. The van der Waals surface area contributed by atoms with Gasteiger partial charge >= 0.3 is 0 Å². The number of rotatable bonds is 9. The van der Waals surface area contributed by atoms with Crippen LogP contribution >= 0.6 is 0 Å². The highest BCUT2D eigenvalue weighted by atomic mass is 16.5. The van der Waals surface area contributed by atoms with Crippen molar-refractivity contribution in [2.45, 2.75) is 50.4 Å². The first-order valence-electron chi connectivity index (χ1n) is 12.3. The minimum absolute atomic E-state index is 0.143. The third-order valence-electron chi connectivity index (χ3n) is 7.90. The molecule has 0 bridgehead atoms. The molecule has 1 atom stereocenters. The van der Waals surface area contributed by atoms with E-state index in [2.05, 4.69) is 40.1 Å². The number of hydrogen-bond donors (Lipinski definition) is 1. The lowest BCUT2D eigenvalue weighted by Gasteiger charge is -2.48. The lowest BCUT2D eigenvalue weighted by atomic mass is 9.59. The largest absolute Gasteiger partial charge is 0.494 e. The summed E-state index contributed by atoms with van der Waals surface area (Å²) in [7, 11) is 0. The van der Waals surface area contributed by atoms with E-state index in [-0.39, 0.29) is 5.41 Å². The zero-order chi connectivity index (χ0) is 22.2. The van der Waals surface area contributed by atoms with Gasteiger partial charge in [0.15, 0.2) is 5.69 Å². The molecule has 2 aromatic carbocycles. The predicted molar refractivity (Wildman–Crippen MR) is 131 cm³/mol. The van der Waals surface area contributed by atoms with Crippen molar-refractivity contribution in [2.24, 2.45) is 17.6 Å². The first-order chi connectivity index (χ1) is 15.8. The quantitative estimate of drug-likeness (QED) is 0.403. The van der Waals surface area contributed by atoms with Crippen molar-refractivity contribution >= 4 is 5.69 Å². The number of nitrogens with two attached hydrogens (primary N) is 1. The molecule has 1 saturated heterocycles. The maximum atomic E-state index is 7.03. The number of piperidine rings is 1. The fourth-order valence-corrected chi connectivity index (χ4v) is 6.21. The molecule has 1 unspecified atom stereocenters. The van der Waals surface area contributed by atoms with Gasteiger partial charge in [-0.2, -0.15) is 0 Å². The molecule has 170 valence electrons. The number of hydrogen-bond acceptors (Lipinski definition) is 3. The van der Waals surface area contributed by atoms with Gasteiger partial charge in [-0.25, -0.2) is 4.85 Å². The molecule has 2 fully saturated rings. The Bertz CT molecular complexity index is 862. The SMILES string of the molecule is [C-]#[N+]c1ccc(OCCCN2CCC(C(CN)(c3ccccc3)C3CCCC3)CC2)cc1. The van der Waals surface area contributed by atoms with Crippen LogP contribution in [0.4, 0.5) is 5.69 Å². The summed E-state index contributed by atoms with van der Waals surface area (Å²) >= 11 is 0. The molecule has 1 aliphatic heterocycles. The zero-order valence-corrected chi connectivity index (χ0v) is 19.2. The summed E-state index contributed by atoms with van der Waals surface area (Å²) in [6.45, 7) is 11.9. The minimum Gasteiger partial charge on any atom is -0.494 e. The molecule has 2 aliphatic rings. The summed E-state index contributed by atoms with van der Waals surface area (Å²) in [4.78, 5) is 6.02. The highest BCUT2D eigenvalue weighted by Crippen LogP contribution is 2.49. The second kappa shape index (κ2) is 11.0. The Morgan fingerprint density at radius 1 is 0.938 bits per heavy atom. The fourth-order valence-electron chi connectivity index (χ4n) is 6.21. The van der Waals surface area contributed by atoms with Gasteiger partial charge in [-0.05, 0) is 74.7 Å². The van der Waals surface area contributed by atoms with Crippen LogP contribution in [0.5, 0.6) is 5.75 Å². The summed E-state index contributed by atoms with van der Waals surface area (Å²) in [6.07, 6.45) is 8.89. The van der Waals surface area contributed by atoms with Gasteiger partial charge in [0.1, 0.15) is 5.75 Å². The van der Waals surface area contributed by atoms with E-state index in [4.69, 9.17) is 17.0 Å². The second-order valence-corrected chi connectivity index (χ2v) is 9.52. The molecule has 0 radical (unpaired) electrons. The van der Waals surface area contributed by atoms with Crippen LogP contribution in [-0.2, 0) is 5.41 Å². The van der Waals surface area contributed by atoms with Gasteiger partial charge in [-0.15, -0.1) is 0 Å². The van der Waals surface area contributed by atoms with Crippen LogP contribution in [0.25, 0.3) is 4.85 Å². The lowest BCUT2D eigenvalue weighted by molar-refractivity contribution is 0.0886. The number of ether oxygens (including phenoxy) is 1. The van der Waals surface area contributed by atoms with Crippen molar-refractivity contribution in [1.29, 1.82) is 0 Å². The first kappa shape index (κ1) is 22.8. The molecule has 0 aromatic heterocycles. The highest BCUT2D eigenvalue weighted by molar-refractivity contribution is 5.46. The fraction of sp³-hybridized carbons (Fsp3) is 0.536. The van der Waals surface area contributed by atoms with Crippen LogP contribution in [0.15, 0.2) is 54.6 Å². The molecule has 0 amide bonds.